The van der Waals surface area contributed by atoms with Gasteiger partial charge in [0.15, 0.2) is 0 Å². The summed E-state index contributed by atoms with van der Waals surface area (Å²) in [6.07, 6.45) is 1.54. The van der Waals surface area contributed by atoms with Gasteiger partial charge in [0.05, 0.1) is 18.8 Å². The second-order valence-electron chi connectivity index (χ2n) is 6.76. The van der Waals surface area contributed by atoms with Crippen LogP contribution in [0, 0.1) is 0 Å². The average molecular weight is 386 g/mol. The Morgan fingerprint density at radius 2 is 2.04 bits per heavy atom. The number of nitrogens with zero attached hydrogens (tertiary/aromatic N) is 1. The Kier molecular flexibility index (Phi) is 9.94. The van der Waals surface area contributed by atoms with Crippen LogP contribution < -0.4 is 15.8 Å². The fourth-order valence-electron chi connectivity index (χ4n) is 2.91. The predicted molar refractivity (Wildman–Crippen MR) is 106 cm³/mol. The number of amides is 1. The second kappa shape index (κ2) is 11.4. The molecule has 1 aromatic rings. The average Bonchev–Trinajstić information content (AvgIpc) is 2.61. The van der Waals surface area contributed by atoms with E-state index in [1.807, 2.05) is 31.2 Å². The highest BCUT2D eigenvalue weighted by atomic mass is 35.5. The first kappa shape index (κ1) is 22.7. The van der Waals surface area contributed by atoms with E-state index in [-0.39, 0.29) is 18.3 Å². The van der Waals surface area contributed by atoms with Crippen LogP contribution in [0.5, 0.6) is 5.75 Å². The van der Waals surface area contributed by atoms with E-state index in [4.69, 9.17) is 15.2 Å². The number of halogens is 1. The maximum absolute atomic E-state index is 12.3. The third kappa shape index (κ3) is 7.11. The van der Waals surface area contributed by atoms with E-state index >= 15 is 0 Å². The molecule has 1 aliphatic heterocycles. The Morgan fingerprint density at radius 3 is 2.73 bits per heavy atom. The van der Waals surface area contributed by atoms with Gasteiger partial charge in [-0.15, -0.1) is 12.4 Å². The lowest BCUT2D eigenvalue weighted by atomic mass is 9.96. The molecule has 6 nitrogen and oxygen atoms in total. The maximum Gasteiger partial charge on any atom is 0.240 e. The molecule has 148 valence electrons. The summed E-state index contributed by atoms with van der Waals surface area (Å²) in [6.45, 7) is 9.20. The summed E-state index contributed by atoms with van der Waals surface area (Å²) in [7, 11) is 0. The normalized spacial score (nSPS) is 17.0. The second-order valence-corrected chi connectivity index (χ2v) is 6.76. The van der Waals surface area contributed by atoms with Gasteiger partial charge in [0.2, 0.25) is 5.91 Å². The summed E-state index contributed by atoms with van der Waals surface area (Å²) >= 11 is 0. The molecule has 0 radical (unpaired) electrons. The minimum atomic E-state index is -0.832. The molecule has 0 bridgehead atoms. The van der Waals surface area contributed by atoms with Gasteiger partial charge in [0.25, 0.3) is 0 Å². The Bertz CT molecular complexity index is 549. The minimum Gasteiger partial charge on any atom is -0.492 e. The van der Waals surface area contributed by atoms with Crippen molar-refractivity contribution in [1.29, 1.82) is 0 Å². The van der Waals surface area contributed by atoms with Gasteiger partial charge in [-0.1, -0.05) is 31.5 Å². The molecular formula is C19H32ClN3O3. The quantitative estimate of drug-likeness (QED) is 0.679. The van der Waals surface area contributed by atoms with Crippen LogP contribution in [0.1, 0.15) is 32.3 Å². The SMILES string of the molecule is CCCC(C)(N)C(=O)NCc1ccccc1OCCN1CCOCC1.Cl. The minimum absolute atomic E-state index is 0. The fraction of sp³-hybridized carbons (Fsp3) is 0.632. The topological polar surface area (TPSA) is 76.8 Å². The Morgan fingerprint density at radius 1 is 1.35 bits per heavy atom. The zero-order valence-corrected chi connectivity index (χ0v) is 16.6. The number of morpholine rings is 1. The van der Waals surface area contributed by atoms with Crippen molar-refractivity contribution in [3.8, 4) is 5.75 Å². The third-order valence-corrected chi connectivity index (χ3v) is 4.47. The van der Waals surface area contributed by atoms with Crippen LogP contribution in [0.4, 0.5) is 0 Å². The molecule has 1 atom stereocenters. The van der Waals surface area contributed by atoms with Crippen LogP contribution >= 0.6 is 12.4 Å². The summed E-state index contributed by atoms with van der Waals surface area (Å²) in [5.41, 5.74) is 6.21. The summed E-state index contributed by atoms with van der Waals surface area (Å²) in [4.78, 5) is 14.6. The van der Waals surface area contributed by atoms with Crippen molar-refractivity contribution in [2.45, 2.75) is 38.8 Å². The summed E-state index contributed by atoms with van der Waals surface area (Å²) < 4.78 is 11.3. The first-order chi connectivity index (χ1) is 12.0. The van der Waals surface area contributed by atoms with Gasteiger partial charge in [-0.2, -0.15) is 0 Å². The van der Waals surface area contributed by atoms with Gasteiger partial charge in [-0.25, -0.2) is 0 Å². The van der Waals surface area contributed by atoms with E-state index < -0.39 is 5.54 Å². The molecule has 7 heteroatoms. The van der Waals surface area contributed by atoms with E-state index in [2.05, 4.69) is 10.2 Å². The van der Waals surface area contributed by atoms with E-state index in [1.165, 1.54) is 0 Å². The lowest BCUT2D eigenvalue weighted by Crippen LogP contribution is -2.51. The fourth-order valence-corrected chi connectivity index (χ4v) is 2.91. The van der Waals surface area contributed by atoms with Crippen LogP contribution in [0.3, 0.4) is 0 Å². The van der Waals surface area contributed by atoms with Crippen molar-refractivity contribution in [2.24, 2.45) is 5.73 Å². The van der Waals surface area contributed by atoms with E-state index in [1.54, 1.807) is 6.92 Å². The lowest BCUT2D eigenvalue weighted by Gasteiger charge is -2.26. The number of ether oxygens (including phenoxy) is 2. The van der Waals surface area contributed by atoms with Crippen LogP contribution in [0.25, 0.3) is 0 Å². The van der Waals surface area contributed by atoms with Gasteiger partial charge in [-0.05, 0) is 19.4 Å². The third-order valence-electron chi connectivity index (χ3n) is 4.47. The van der Waals surface area contributed by atoms with Gasteiger partial charge in [0, 0.05) is 31.7 Å². The first-order valence-electron chi connectivity index (χ1n) is 9.11. The van der Waals surface area contributed by atoms with Crippen molar-refractivity contribution in [3.05, 3.63) is 29.8 Å². The van der Waals surface area contributed by atoms with Gasteiger partial charge in [0.1, 0.15) is 12.4 Å². The predicted octanol–water partition coefficient (Wildman–Crippen LogP) is 1.95. The monoisotopic (exact) mass is 385 g/mol. The molecule has 1 heterocycles. The number of hydrogen-bond donors (Lipinski definition) is 2. The zero-order chi connectivity index (χ0) is 18.1. The van der Waals surface area contributed by atoms with Crippen LogP contribution in [-0.4, -0.2) is 55.8 Å². The molecule has 1 unspecified atom stereocenters. The lowest BCUT2D eigenvalue weighted by molar-refractivity contribution is -0.126. The number of benzene rings is 1. The maximum atomic E-state index is 12.3. The summed E-state index contributed by atoms with van der Waals surface area (Å²) in [6, 6.07) is 7.80. The van der Waals surface area contributed by atoms with Gasteiger partial charge >= 0.3 is 0 Å². The number of para-hydroxylation sites is 1. The van der Waals surface area contributed by atoms with Crippen molar-refractivity contribution in [2.75, 3.05) is 39.5 Å². The van der Waals surface area contributed by atoms with Crippen LogP contribution in [0.15, 0.2) is 24.3 Å². The van der Waals surface area contributed by atoms with Crippen molar-refractivity contribution in [1.82, 2.24) is 10.2 Å². The van der Waals surface area contributed by atoms with Gasteiger partial charge in [-0.3, -0.25) is 9.69 Å². The molecule has 0 aromatic heterocycles. The summed E-state index contributed by atoms with van der Waals surface area (Å²) in [5.74, 6) is 0.683. The van der Waals surface area contributed by atoms with Crippen molar-refractivity contribution < 1.29 is 14.3 Å². The molecule has 2 rings (SSSR count). The molecule has 0 saturated carbocycles. The molecule has 0 aliphatic carbocycles. The van der Waals surface area contributed by atoms with Crippen LogP contribution in [0.2, 0.25) is 0 Å². The highest BCUT2D eigenvalue weighted by Gasteiger charge is 2.26. The van der Waals surface area contributed by atoms with E-state index in [9.17, 15) is 4.79 Å². The van der Waals surface area contributed by atoms with Crippen molar-refractivity contribution in [3.63, 3.8) is 0 Å². The molecule has 3 N–H and O–H groups in total. The van der Waals surface area contributed by atoms with E-state index in [0.717, 1.165) is 50.6 Å². The Labute approximate surface area is 162 Å². The molecule has 1 aliphatic rings. The van der Waals surface area contributed by atoms with Gasteiger partial charge < -0.3 is 20.5 Å². The Balaban J connectivity index is 0.00000338. The summed E-state index contributed by atoms with van der Waals surface area (Å²) in [5, 5.41) is 2.93. The number of carbonyl (C=O) groups is 1. The Hall–Kier alpha value is -1.34. The van der Waals surface area contributed by atoms with Crippen molar-refractivity contribution >= 4 is 18.3 Å². The molecular weight excluding hydrogens is 354 g/mol. The molecule has 26 heavy (non-hydrogen) atoms. The largest absolute Gasteiger partial charge is 0.492 e. The number of carbonyl (C=O) groups excluding carboxylic acids is 1. The molecule has 0 spiro atoms. The van der Waals surface area contributed by atoms with E-state index in [0.29, 0.717) is 19.6 Å². The first-order valence-corrected chi connectivity index (χ1v) is 9.11. The molecule has 1 amide bonds. The molecule has 1 saturated heterocycles. The number of rotatable bonds is 9. The van der Waals surface area contributed by atoms with Crippen LogP contribution in [-0.2, 0) is 16.1 Å². The zero-order valence-electron chi connectivity index (χ0n) is 15.8. The standard InChI is InChI=1S/C19H31N3O3.ClH/c1-3-8-19(2,20)18(23)21-15-16-6-4-5-7-17(16)25-14-11-22-9-12-24-13-10-22;/h4-7H,3,8-15,20H2,1-2H3,(H,21,23);1H. The number of nitrogens with two attached hydrogens (primary N) is 1. The number of hydrogen-bond acceptors (Lipinski definition) is 5. The highest BCUT2D eigenvalue weighted by Crippen LogP contribution is 2.18. The highest BCUT2D eigenvalue weighted by molar-refractivity contribution is 5.85. The molecule has 1 aromatic carbocycles. The number of nitrogens with one attached hydrogen (secondary N) is 1. The molecule has 1 fully saturated rings. The smallest absolute Gasteiger partial charge is 0.240 e.